The summed E-state index contributed by atoms with van der Waals surface area (Å²) < 4.78 is 17.3. The first-order chi connectivity index (χ1) is 13.0. The zero-order chi connectivity index (χ0) is 19.4. The van der Waals surface area contributed by atoms with Crippen LogP contribution in [0.25, 0.3) is 10.2 Å². The van der Waals surface area contributed by atoms with E-state index in [-0.39, 0.29) is 12.2 Å². The molecule has 7 nitrogen and oxygen atoms in total. The van der Waals surface area contributed by atoms with Gasteiger partial charge in [0.05, 0.1) is 32.0 Å². The summed E-state index contributed by atoms with van der Waals surface area (Å²) in [4.78, 5) is 30.1. The van der Waals surface area contributed by atoms with Gasteiger partial charge >= 0.3 is 5.97 Å². The zero-order valence-corrected chi connectivity index (χ0v) is 16.2. The molecule has 0 aliphatic rings. The number of ether oxygens (including phenoxy) is 3. The van der Waals surface area contributed by atoms with Gasteiger partial charge in [-0.25, -0.2) is 9.78 Å². The van der Waals surface area contributed by atoms with E-state index in [2.05, 4.69) is 4.98 Å². The van der Waals surface area contributed by atoms with Crippen LogP contribution in [0.5, 0.6) is 11.5 Å². The van der Waals surface area contributed by atoms with E-state index in [4.69, 9.17) is 14.2 Å². The van der Waals surface area contributed by atoms with Crippen molar-refractivity contribution in [2.75, 3.05) is 20.3 Å². The van der Waals surface area contributed by atoms with Crippen LogP contribution in [0, 0.1) is 6.92 Å². The molecule has 0 amide bonds. The Morgan fingerprint density at radius 3 is 2.59 bits per heavy atom. The Labute approximate surface area is 160 Å². The van der Waals surface area contributed by atoms with Gasteiger partial charge in [0.1, 0.15) is 27.8 Å². The summed E-state index contributed by atoms with van der Waals surface area (Å²) in [7, 11) is 1.60. The second-order valence-electron chi connectivity index (χ2n) is 5.72. The number of hydrogen-bond donors (Lipinski definition) is 0. The maximum absolute atomic E-state index is 12.8. The number of carbonyl (C=O) groups is 1. The summed E-state index contributed by atoms with van der Waals surface area (Å²) in [5.41, 5.74) is 0.416. The van der Waals surface area contributed by atoms with Crippen molar-refractivity contribution in [2.24, 2.45) is 0 Å². The van der Waals surface area contributed by atoms with E-state index in [1.807, 2.05) is 0 Å². The second kappa shape index (κ2) is 8.22. The highest BCUT2D eigenvalue weighted by atomic mass is 32.1. The Kier molecular flexibility index (Phi) is 5.75. The molecule has 0 bridgehead atoms. The van der Waals surface area contributed by atoms with Crippen LogP contribution in [0.3, 0.4) is 0 Å². The lowest BCUT2D eigenvalue weighted by Crippen LogP contribution is -2.23. The molecule has 1 aromatic carbocycles. The monoisotopic (exact) mass is 388 g/mol. The number of rotatable bonds is 7. The molecule has 0 saturated heterocycles. The minimum Gasteiger partial charge on any atom is -0.497 e. The minimum absolute atomic E-state index is 0.192. The third-order valence-electron chi connectivity index (χ3n) is 4.04. The molecule has 142 valence electrons. The summed E-state index contributed by atoms with van der Waals surface area (Å²) in [6, 6.07) is 7.22. The van der Waals surface area contributed by atoms with Crippen molar-refractivity contribution < 1.29 is 19.0 Å². The third-order valence-corrected chi connectivity index (χ3v) is 5.22. The van der Waals surface area contributed by atoms with Crippen molar-refractivity contribution in [1.82, 2.24) is 9.55 Å². The van der Waals surface area contributed by atoms with E-state index in [1.54, 1.807) is 45.2 Å². The zero-order valence-electron chi connectivity index (χ0n) is 15.4. The average molecular weight is 388 g/mol. The number of thiophene rings is 1. The van der Waals surface area contributed by atoms with Crippen LogP contribution in [0.4, 0.5) is 0 Å². The Hall–Kier alpha value is -2.87. The van der Waals surface area contributed by atoms with E-state index < -0.39 is 5.97 Å². The van der Waals surface area contributed by atoms with Gasteiger partial charge in [-0.05, 0) is 43.7 Å². The number of fused-ring (bicyclic) bond motifs is 1. The second-order valence-corrected chi connectivity index (χ2v) is 6.72. The number of carbonyl (C=O) groups excluding carboxylic acids is 1. The first-order valence-corrected chi connectivity index (χ1v) is 9.29. The number of benzene rings is 1. The van der Waals surface area contributed by atoms with Crippen molar-refractivity contribution in [1.29, 1.82) is 0 Å². The highest BCUT2D eigenvalue weighted by molar-refractivity contribution is 7.20. The fourth-order valence-electron chi connectivity index (χ4n) is 2.64. The summed E-state index contributed by atoms with van der Waals surface area (Å²) >= 11 is 1.18. The van der Waals surface area contributed by atoms with Gasteiger partial charge in [-0.3, -0.25) is 9.36 Å². The summed E-state index contributed by atoms with van der Waals surface area (Å²) in [6.45, 7) is 4.43. The van der Waals surface area contributed by atoms with Gasteiger partial charge in [0.15, 0.2) is 0 Å². The summed E-state index contributed by atoms with van der Waals surface area (Å²) in [6.07, 6.45) is 1.48. The van der Waals surface area contributed by atoms with Gasteiger partial charge in [-0.15, -0.1) is 11.3 Å². The third kappa shape index (κ3) is 3.95. The molecule has 0 atom stereocenters. The van der Waals surface area contributed by atoms with Gasteiger partial charge < -0.3 is 14.2 Å². The highest BCUT2D eigenvalue weighted by Crippen LogP contribution is 2.27. The molecule has 0 N–H and O–H groups in total. The van der Waals surface area contributed by atoms with Gasteiger partial charge in [0.25, 0.3) is 5.56 Å². The molecule has 0 fully saturated rings. The largest absolute Gasteiger partial charge is 0.497 e. The van der Waals surface area contributed by atoms with Gasteiger partial charge in [-0.2, -0.15) is 0 Å². The molecule has 0 radical (unpaired) electrons. The van der Waals surface area contributed by atoms with Crippen LogP contribution < -0.4 is 15.0 Å². The van der Waals surface area contributed by atoms with Crippen LogP contribution in [-0.4, -0.2) is 35.8 Å². The lowest BCUT2D eigenvalue weighted by molar-refractivity contribution is 0.0531. The van der Waals surface area contributed by atoms with Crippen molar-refractivity contribution in [3.63, 3.8) is 0 Å². The van der Waals surface area contributed by atoms with Crippen LogP contribution in [0.1, 0.15) is 22.2 Å². The SMILES string of the molecule is CCOC(=O)c1sc2ncn(CCOc3ccc(OC)cc3)c(=O)c2c1C. The average Bonchev–Trinajstić information content (AvgIpc) is 3.02. The van der Waals surface area contributed by atoms with E-state index in [9.17, 15) is 9.59 Å². The minimum atomic E-state index is -0.424. The fourth-order valence-corrected chi connectivity index (χ4v) is 3.68. The lowest BCUT2D eigenvalue weighted by atomic mass is 10.2. The number of nitrogens with zero attached hydrogens (tertiary/aromatic N) is 2. The molecule has 0 saturated carbocycles. The predicted octanol–water partition coefficient (Wildman–Crippen LogP) is 3.03. The molecule has 8 heteroatoms. The number of aromatic nitrogens is 2. The van der Waals surface area contributed by atoms with Gasteiger partial charge in [-0.1, -0.05) is 0 Å². The van der Waals surface area contributed by atoms with Crippen LogP contribution in [-0.2, 0) is 11.3 Å². The number of aryl methyl sites for hydroxylation is 1. The highest BCUT2D eigenvalue weighted by Gasteiger charge is 2.20. The van der Waals surface area contributed by atoms with Crippen molar-refractivity contribution in [3.8, 4) is 11.5 Å². The molecule has 0 aliphatic carbocycles. The van der Waals surface area contributed by atoms with Crippen molar-refractivity contribution in [2.45, 2.75) is 20.4 Å². The van der Waals surface area contributed by atoms with E-state index >= 15 is 0 Å². The molecule has 27 heavy (non-hydrogen) atoms. The van der Waals surface area contributed by atoms with Gasteiger partial charge in [0.2, 0.25) is 0 Å². The first-order valence-electron chi connectivity index (χ1n) is 8.47. The summed E-state index contributed by atoms with van der Waals surface area (Å²) in [5.74, 6) is 1.01. The summed E-state index contributed by atoms with van der Waals surface area (Å²) in [5, 5.41) is 0.454. The number of esters is 1. The van der Waals surface area contributed by atoms with Gasteiger partial charge in [0, 0.05) is 0 Å². The maximum Gasteiger partial charge on any atom is 0.348 e. The number of hydrogen-bond acceptors (Lipinski definition) is 7. The number of methoxy groups -OCH3 is 1. The standard InChI is InChI=1S/C19H20N2O5S/c1-4-25-19(23)16-12(2)15-17(27-16)20-11-21(18(15)22)9-10-26-14-7-5-13(24-3)6-8-14/h5-8,11H,4,9-10H2,1-3H3. The van der Waals surface area contributed by atoms with Crippen LogP contribution in [0.2, 0.25) is 0 Å². The quantitative estimate of drug-likeness (QED) is 0.579. The van der Waals surface area contributed by atoms with E-state index in [0.717, 1.165) is 5.75 Å². The predicted molar refractivity (Wildman–Crippen MR) is 103 cm³/mol. The Balaban J connectivity index is 1.77. The Morgan fingerprint density at radius 1 is 1.22 bits per heavy atom. The van der Waals surface area contributed by atoms with E-state index in [0.29, 0.717) is 39.6 Å². The molecular formula is C19H20N2O5S. The first kappa shape index (κ1) is 18.9. The molecule has 2 aromatic heterocycles. The van der Waals surface area contributed by atoms with Crippen LogP contribution in [0.15, 0.2) is 35.4 Å². The molecule has 0 spiro atoms. The molecule has 0 aliphatic heterocycles. The Bertz CT molecular complexity index is 1010. The molecular weight excluding hydrogens is 368 g/mol. The smallest absolute Gasteiger partial charge is 0.348 e. The topological polar surface area (TPSA) is 79.7 Å². The maximum atomic E-state index is 12.8. The van der Waals surface area contributed by atoms with E-state index in [1.165, 1.54) is 22.2 Å². The molecule has 0 unspecified atom stereocenters. The Morgan fingerprint density at radius 2 is 1.93 bits per heavy atom. The van der Waals surface area contributed by atoms with Crippen LogP contribution >= 0.6 is 11.3 Å². The molecule has 2 heterocycles. The lowest BCUT2D eigenvalue weighted by Gasteiger charge is -2.08. The fraction of sp³-hybridized carbons (Fsp3) is 0.316. The molecule has 3 aromatic rings. The van der Waals surface area contributed by atoms with Crippen molar-refractivity contribution >= 4 is 27.5 Å². The normalized spacial score (nSPS) is 10.8. The van der Waals surface area contributed by atoms with Crippen molar-refractivity contribution in [3.05, 3.63) is 51.4 Å². The molecule has 3 rings (SSSR count).